The van der Waals surface area contributed by atoms with Crippen LogP contribution in [0.5, 0.6) is 11.5 Å². The second-order valence-electron chi connectivity index (χ2n) is 10.6. The predicted octanol–water partition coefficient (Wildman–Crippen LogP) is 7.50. The van der Waals surface area contributed by atoms with Crippen LogP contribution in [0.15, 0.2) is 97.1 Å². The Kier molecular flexibility index (Phi) is 10.2. The molecule has 0 unspecified atom stereocenters. The fourth-order valence-corrected chi connectivity index (χ4v) is 5.14. The second kappa shape index (κ2) is 14.5. The van der Waals surface area contributed by atoms with Crippen LogP contribution in [0.2, 0.25) is 5.02 Å². The standard InChI is InChI=1S/C34H30ClF3N4O4/c1-45-29-14-6-25(7-15-29)22-42-31(32(33(43)44)39-40-42)18-19-41(21-24-4-12-28(35)13-5-24)20-23-2-8-26(9-3-23)27-10-16-30(17-11-27)46-34(36,37)38/h2-17H,18-22H2,1H3,(H,43,44). The normalized spacial score (nSPS) is 11.5. The zero-order valence-corrected chi connectivity index (χ0v) is 25.5. The average molecular weight is 651 g/mol. The Morgan fingerprint density at radius 3 is 1.89 bits per heavy atom. The Morgan fingerprint density at radius 1 is 0.826 bits per heavy atom. The number of hydrogen-bond donors (Lipinski definition) is 1. The van der Waals surface area contributed by atoms with Gasteiger partial charge in [-0.15, -0.1) is 18.3 Å². The van der Waals surface area contributed by atoms with Gasteiger partial charge >= 0.3 is 12.3 Å². The van der Waals surface area contributed by atoms with Gasteiger partial charge in [0.2, 0.25) is 0 Å². The van der Waals surface area contributed by atoms with Crippen LogP contribution in [0.25, 0.3) is 11.1 Å². The summed E-state index contributed by atoms with van der Waals surface area (Å²) in [6.07, 6.45) is -4.37. The highest BCUT2D eigenvalue weighted by molar-refractivity contribution is 6.30. The first-order chi connectivity index (χ1) is 22.1. The van der Waals surface area contributed by atoms with E-state index in [1.54, 1.807) is 23.9 Å². The largest absolute Gasteiger partial charge is 0.573 e. The molecule has 0 aliphatic heterocycles. The number of alkyl halides is 3. The van der Waals surface area contributed by atoms with Crippen LogP contribution < -0.4 is 9.47 Å². The van der Waals surface area contributed by atoms with E-state index >= 15 is 0 Å². The Labute approximate surface area is 268 Å². The Morgan fingerprint density at radius 2 is 1.35 bits per heavy atom. The minimum atomic E-state index is -4.75. The highest BCUT2D eigenvalue weighted by atomic mass is 35.5. The van der Waals surface area contributed by atoms with Gasteiger partial charge in [0.15, 0.2) is 5.69 Å². The van der Waals surface area contributed by atoms with Gasteiger partial charge in [0.25, 0.3) is 0 Å². The van der Waals surface area contributed by atoms with E-state index in [4.69, 9.17) is 16.3 Å². The number of methoxy groups -OCH3 is 1. The Bertz CT molecular complexity index is 1740. The number of carboxylic acids is 1. The number of hydrogen-bond acceptors (Lipinski definition) is 6. The number of rotatable bonds is 13. The summed E-state index contributed by atoms with van der Waals surface area (Å²) in [5, 5.41) is 18.6. The van der Waals surface area contributed by atoms with Crippen molar-refractivity contribution in [1.82, 2.24) is 19.9 Å². The fourth-order valence-electron chi connectivity index (χ4n) is 5.01. The van der Waals surface area contributed by atoms with Crippen LogP contribution in [0, 0.1) is 0 Å². The van der Waals surface area contributed by atoms with E-state index in [0.29, 0.717) is 49.1 Å². The molecule has 0 saturated heterocycles. The van der Waals surface area contributed by atoms with Crippen molar-refractivity contribution < 1.29 is 32.5 Å². The quantitative estimate of drug-likeness (QED) is 0.141. The summed E-state index contributed by atoms with van der Waals surface area (Å²) in [6, 6.07) is 28.5. The summed E-state index contributed by atoms with van der Waals surface area (Å²) in [5.41, 5.74) is 4.96. The van der Waals surface area contributed by atoms with Crippen LogP contribution in [-0.4, -0.2) is 51.0 Å². The molecule has 4 aromatic carbocycles. The van der Waals surface area contributed by atoms with Gasteiger partial charge in [-0.2, -0.15) is 0 Å². The zero-order chi connectivity index (χ0) is 32.7. The summed E-state index contributed by atoms with van der Waals surface area (Å²) in [5.74, 6) is -0.709. The molecule has 0 atom stereocenters. The van der Waals surface area contributed by atoms with Crippen LogP contribution in [0.1, 0.15) is 32.9 Å². The lowest BCUT2D eigenvalue weighted by molar-refractivity contribution is -0.274. The number of nitrogens with zero attached hydrogens (tertiary/aromatic N) is 4. The third-order valence-corrected chi connectivity index (χ3v) is 7.55. The summed E-state index contributed by atoms with van der Waals surface area (Å²) < 4.78 is 48.4. The number of carboxylic acid groups (broad SMARTS) is 1. The van der Waals surface area contributed by atoms with Crippen molar-refractivity contribution in [2.24, 2.45) is 0 Å². The maximum Gasteiger partial charge on any atom is 0.573 e. The Hall–Kier alpha value is -4.87. The molecule has 5 rings (SSSR count). The molecule has 0 aliphatic carbocycles. The third kappa shape index (κ3) is 8.86. The van der Waals surface area contributed by atoms with Crippen molar-refractivity contribution in [2.45, 2.75) is 32.4 Å². The molecule has 0 aliphatic rings. The molecule has 238 valence electrons. The van der Waals surface area contributed by atoms with E-state index in [-0.39, 0.29) is 11.4 Å². The van der Waals surface area contributed by atoms with Gasteiger partial charge in [-0.05, 0) is 64.2 Å². The minimum Gasteiger partial charge on any atom is -0.497 e. The van der Waals surface area contributed by atoms with Crippen LogP contribution in [0.3, 0.4) is 0 Å². The SMILES string of the molecule is COc1ccc(Cn2nnc(C(=O)O)c2CCN(Cc2ccc(Cl)cc2)Cc2ccc(-c3ccc(OC(F)(F)F)cc3)cc2)cc1. The zero-order valence-electron chi connectivity index (χ0n) is 24.7. The summed E-state index contributed by atoms with van der Waals surface area (Å²) in [4.78, 5) is 14.2. The van der Waals surface area contributed by atoms with Gasteiger partial charge in [0.1, 0.15) is 11.5 Å². The maximum absolute atomic E-state index is 12.5. The summed E-state index contributed by atoms with van der Waals surface area (Å²) >= 11 is 6.11. The first-order valence-electron chi connectivity index (χ1n) is 14.3. The molecule has 0 bridgehead atoms. The molecular formula is C34H30ClF3N4O4. The molecule has 46 heavy (non-hydrogen) atoms. The van der Waals surface area contributed by atoms with E-state index in [1.807, 2.05) is 72.8 Å². The van der Waals surface area contributed by atoms with Gasteiger partial charge in [-0.25, -0.2) is 9.48 Å². The summed E-state index contributed by atoms with van der Waals surface area (Å²) in [6.45, 7) is 1.97. The van der Waals surface area contributed by atoms with Crippen LogP contribution in [-0.2, 0) is 26.1 Å². The van der Waals surface area contributed by atoms with E-state index in [1.165, 1.54) is 12.1 Å². The first-order valence-corrected chi connectivity index (χ1v) is 14.6. The molecule has 0 spiro atoms. The molecule has 0 saturated carbocycles. The fraction of sp³-hybridized carbons (Fsp3) is 0.206. The van der Waals surface area contributed by atoms with E-state index in [0.717, 1.165) is 27.8 Å². The molecule has 0 radical (unpaired) electrons. The smallest absolute Gasteiger partial charge is 0.497 e. The number of aromatic carboxylic acids is 1. The number of halogens is 4. The maximum atomic E-state index is 12.5. The van der Waals surface area contributed by atoms with Crippen molar-refractivity contribution >= 4 is 17.6 Å². The third-order valence-electron chi connectivity index (χ3n) is 7.30. The molecule has 12 heteroatoms. The highest BCUT2D eigenvalue weighted by Crippen LogP contribution is 2.27. The number of benzene rings is 4. The molecule has 1 heterocycles. The molecule has 1 N–H and O–H groups in total. The molecule has 0 amide bonds. The molecular weight excluding hydrogens is 621 g/mol. The first kappa shape index (κ1) is 32.5. The molecule has 1 aromatic heterocycles. The second-order valence-corrected chi connectivity index (χ2v) is 11.0. The Balaban J connectivity index is 1.33. The lowest BCUT2D eigenvalue weighted by Crippen LogP contribution is -2.26. The lowest BCUT2D eigenvalue weighted by Gasteiger charge is -2.23. The van der Waals surface area contributed by atoms with E-state index < -0.39 is 12.3 Å². The number of carbonyl (C=O) groups is 1. The van der Waals surface area contributed by atoms with Crippen LogP contribution in [0.4, 0.5) is 13.2 Å². The predicted molar refractivity (Wildman–Crippen MR) is 167 cm³/mol. The van der Waals surface area contributed by atoms with Crippen molar-refractivity contribution in [1.29, 1.82) is 0 Å². The topological polar surface area (TPSA) is 89.7 Å². The lowest BCUT2D eigenvalue weighted by atomic mass is 10.0. The van der Waals surface area contributed by atoms with Gasteiger partial charge in [-0.1, -0.05) is 77.5 Å². The number of aromatic nitrogens is 3. The van der Waals surface area contributed by atoms with Crippen molar-refractivity contribution in [3.63, 3.8) is 0 Å². The van der Waals surface area contributed by atoms with Gasteiger partial charge in [-0.3, -0.25) is 4.90 Å². The van der Waals surface area contributed by atoms with Gasteiger partial charge in [0.05, 0.1) is 19.3 Å². The van der Waals surface area contributed by atoms with Crippen molar-refractivity contribution in [3.05, 3.63) is 130 Å². The summed E-state index contributed by atoms with van der Waals surface area (Å²) in [7, 11) is 1.59. The average Bonchev–Trinajstić information content (AvgIpc) is 3.44. The molecule has 0 fully saturated rings. The van der Waals surface area contributed by atoms with E-state index in [9.17, 15) is 23.1 Å². The minimum absolute atomic E-state index is 0.0871. The van der Waals surface area contributed by atoms with Gasteiger partial charge < -0.3 is 14.6 Å². The molecule has 5 aromatic rings. The number of ether oxygens (including phenoxy) is 2. The van der Waals surface area contributed by atoms with Crippen molar-refractivity contribution in [3.8, 4) is 22.6 Å². The van der Waals surface area contributed by atoms with Gasteiger partial charge in [0, 0.05) is 31.1 Å². The highest BCUT2D eigenvalue weighted by Gasteiger charge is 2.31. The van der Waals surface area contributed by atoms with Crippen molar-refractivity contribution in [2.75, 3.05) is 13.7 Å². The van der Waals surface area contributed by atoms with E-state index in [2.05, 4.69) is 19.9 Å². The monoisotopic (exact) mass is 650 g/mol. The molecule has 8 nitrogen and oxygen atoms in total. The van der Waals surface area contributed by atoms with Crippen LogP contribution >= 0.6 is 11.6 Å².